The maximum atomic E-state index is 10.6. The molecular weight excluding hydrogens is 194 g/mol. The summed E-state index contributed by atoms with van der Waals surface area (Å²) >= 11 is 0. The van der Waals surface area contributed by atoms with Gasteiger partial charge in [0.25, 0.3) is 0 Å². The van der Waals surface area contributed by atoms with Crippen molar-refractivity contribution in [3.8, 4) is 11.4 Å². The fourth-order valence-electron chi connectivity index (χ4n) is 1.12. The van der Waals surface area contributed by atoms with Gasteiger partial charge in [-0.3, -0.25) is 4.98 Å². The second-order valence-corrected chi connectivity index (χ2v) is 2.79. The van der Waals surface area contributed by atoms with Crippen molar-refractivity contribution >= 4 is 5.97 Å². The Morgan fingerprint density at radius 1 is 1.07 bits per heavy atom. The molecule has 0 aliphatic rings. The Morgan fingerprint density at radius 2 is 1.93 bits per heavy atom. The molecule has 0 aromatic carbocycles. The van der Waals surface area contributed by atoms with Crippen LogP contribution in [0.1, 0.15) is 10.6 Å². The first kappa shape index (κ1) is 9.26. The van der Waals surface area contributed by atoms with Gasteiger partial charge in [-0.1, -0.05) is 6.07 Å². The number of aromatic nitrogens is 3. The van der Waals surface area contributed by atoms with Gasteiger partial charge in [0.05, 0.1) is 11.4 Å². The quantitative estimate of drug-likeness (QED) is 0.790. The Bertz CT molecular complexity index is 485. The van der Waals surface area contributed by atoms with E-state index in [1.165, 1.54) is 6.20 Å². The molecule has 0 aliphatic heterocycles. The Kier molecular flexibility index (Phi) is 2.37. The molecule has 0 unspecified atom stereocenters. The van der Waals surface area contributed by atoms with Crippen molar-refractivity contribution in [2.24, 2.45) is 0 Å². The topological polar surface area (TPSA) is 76.0 Å². The van der Waals surface area contributed by atoms with Crippen LogP contribution < -0.4 is 0 Å². The predicted octanol–water partition coefficient (Wildman–Crippen LogP) is 1.24. The van der Waals surface area contributed by atoms with Gasteiger partial charge in [-0.25, -0.2) is 14.8 Å². The zero-order valence-corrected chi connectivity index (χ0v) is 7.66. The molecule has 0 radical (unpaired) electrons. The van der Waals surface area contributed by atoms with E-state index < -0.39 is 5.97 Å². The highest BCUT2D eigenvalue weighted by molar-refractivity contribution is 5.83. The minimum Gasteiger partial charge on any atom is -0.475 e. The molecule has 1 N–H and O–H groups in total. The van der Waals surface area contributed by atoms with Crippen molar-refractivity contribution < 1.29 is 9.90 Å². The molecule has 74 valence electrons. The van der Waals surface area contributed by atoms with Crippen LogP contribution >= 0.6 is 0 Å². The van der Waals surface area contributed by atoms with Gasteiger partial charge in [0, 0.05) is 12.4 Å². The normalized spacial score (nSPS) is 9.87. The molecule has 2 aromatic heterocycles. The highest BCUT2D eigenvalue weighted by Gasteiger charge is 2.08. The zero-order chi connectivity index (χ0) is 10.7. The van der Waals surface area contributed by atoms with Crippen molar-refractivity contribution in [3.63, 3.8) is 0 Å². The summed E-state index contributed by atoms with van der Waals surface area (Å²) in [6, 6.07) is 6.97. The van der Waals surface area contributed by atoms with Crippen molar-refractivity contribution in [1.29, 1.82) is 0 Å². The summed E-state index contributed by atoms with van der Waals surface area (Å²) in [7, 11) is 0. The molecule has 0 saturated heterocycles. The van der Waals surface area contributed by atoms with Crippen LogP contribution in [0.3, 0.4) is 0 Å². The van der Waals surface area contributed by atoms with E-state index in [1.807, 2.05) is 6.07 Å². The average Bonchev–Trinajstić information content (AvgIpc) is 2.30. The van der Waals surface area contributed by atoms with E-state index in [1.54, 1.807) is 24.4 Å². The smallest absolute Gasteiger partial charge is 0.373 e. The summed E-state index contributed by atoms with van der Waals surface area (Å²) < 4.78 is 0. The second-order valence-electron chi connectivity index (χ2n) is 2.79. The molecule has 2 aromatic rings. The van der Waals surface area contributed by atoms with Gasteiger partial charge in [0.15, 0.2) is 0 Å². The molecule has 15 heavy (non-hydrogen) atoms. The number of carboxylic acid groups (broad SMARTS) is 1. The lowest BCUT2D eigenvalue weighted by Gasteiger charge is -1.99. The summed E-state index contributed by atoms with van der Waals surface area (Å²) in [5.74, 6) is -1.37. The number of hydrogen-bond donors (Lipinski definition) is 1. The third-order valence-electron chi connectivity index (χ3n) is 1.77. The van der Waals surface area contributed by atoms with Gasteiger partial charge in [0.1, 0.15) is 0 Å². The summed E-state index contributed by atoms with van der Waals surface area (Å²) in [5, 5.41) is 8.71. The predicted molar refractivity (Wildman–Crippen MR) is 52.2 cm³/mol. The second kappa shape index (κ2) is 3.83. The van der Waals surface area contributed by atoms with Crippen molar-refractivity contribution in [3.05, 3.63) is 42.5 Å². The molecule has 0 fully saturated rings. The molecule has 0 atom stereocenters. The highest BCUT2D eigenvalue weighted by Crippen LogP contribution is 2.12. The van der Waals surface area contributed by atoms with Gasteiger partial charge < -0.3 is 5.11 Å². The molecule has 0 saturated carbocycles. The minimum atomic E-state index is -1.15. The van der Waals surface area contributed by atoms with E-state index in [2.05, 4.69) is 15.0 Å². The van der Waals surface area contributed by atoms with Gasteiger partial charge in [-0.05, 0) is 18.2 Å². The van der Waals surface area contributed by atoms with E-state index in [0.29, 0.717) is 11.4 Å². The monoisotopic (exact) mass is 201 g/mol. The molecule has 2 heterocycles. The van der Waals surface area contributed by atoms with Crippen LogP contribution in [-0.4, -0.2) is 26.0 Å². The van der Waals surface area contributed by atoms with Crippen LogP contribution in [0.4, 0.5) is 0 Å². The molecule has 5 heteroatoms. The SMILES string of the molecule is O=C(O)c1nccc(-c2ccccn2)n1. The van der Waals surface area contributed by atoms with E-state index in [0.717, 1.165) is 0 Å². The third kappa shape index (κ3) is 1.96. The summed E-state index contributed by atoms with van der Waals surface area (Å²) in [4.78, 5) is 22.2. The average molecular weight is 201 g/mol. The first-order valence-electron chi connectivity index (χ1n) is 4.25. The highest BCUT2D eigenvalue weighted by atomic mass is 16.4. The van der Waals surface area contributed by atoms with Crippen molar-refractivity contribution in [1.82, 2.24) is 15.0 Å². The first-order valence-corrected chi connectivity index (χ1v) is 4.25. The molecular formula is C10H7N3O2. The third-order valence-corrected chi connectivity index (χ3v) is 1.77. The van der Waals surface area contributed by atoms with Gasteiger partial charge in [0.2, 0.25) is 5.82 Å². The van der Waals surface area contributed by atoms with Gasteiger partial charge in [-0.2, -0.15) is 0 Å². The van der Waals surface area contributed by atoms with Crippen LogP contribution in [0.25, 0.3) is 11.4 Å². The molecule has 0 spiro atoms. The van der Waals surface area contributed by atoms with E-state index in [9.17, 15) is 4.79 Å². The minimum absolute atomic E-state index is 0.224. The lowest BCUT2D eigenvalue weighted by Crippen LogP contribution is -2.04. The molecule has 0 amide bonds. The van der Waals surface area contributed by atoms with Crippen molar-refractivity contribution in [2.75, 3.05) is 0 Å². The number of hydrogen-bond acceptors (Lipinski definition) is 4. The summed E-state index contributed by atoms with van der Waals surface area (Å²) in [6.07, 6.45) is 3.03. The van der Waals surface area contributed by atoms with Gasteiger partial charge >= 0.3 is 5.97 Å². The number of carbonyl (C=O) groups is 1. The van der Waals surface area contributed by atoms with Gasteiger partial charge in [-0.15, -0.1) is 0 Å². The Balaban J connectivity index is 2.46. The summed E-state index contributed by atoms with van der Waals surface area (Å²) in [5.41, 5.74) is 1.13. The van der Waals surface area contributed by atoms with Crippen LogP contribution in [0.15, 0.2) is 36.7 Å². The van der Waals surface area contributed by atoms with Crippen LogP contribution in [0, 0.1) is 0 Å². The number of aromatic carboxylic acids is 1. The fraction of sp³-hybridized carbons (Fsp3) is 0. The lowest BCUT2D eigenvalue weighted by molar-refractivity contribution is 0.0683. The maximum absolute atomic E-state index is 10.6. The van der Waals surface area contributed by atoms with Crippen LogP contribution in [-0.2, 0) is 0 Å². The van der Waals surface area contributed by atoms with E-state index >= 15 is 0 Å². The molecule has 2 rings (SSSR count). The van der Waals surface area contributed by atoms with E-state index in [4.69, 9.17) is 5.11 Å². The zero-order valence-electron chi connectivity index (χ0n) is 7.66. The number of nitrogens with zero attached hydrogens (tertiary/aromatic N) is 3. The Hall–Kier alpha value is -2.30. The van der Waals surface area contributed by atoms with Crippen molar-refractivity contribution in [2.45, 2.75) is 0 Å². The fourth-order valence-corrected chi connectivity index (χ4v) is 1.12. The largest absolute Gasteiger partial charge is 0.475 e. The number of rotatable bonds is 2. The molecule has 0 bridgehead atoms. The standard InChI is InChI=1S/C10H7N3O2/c14-10(15)9-12-6-4-8(13-9)7-3-1-2-5-11-7/h1-6H,(H,14,15). The Morgan fingerprint density at radius 3 is 2.60 bits per heavy atom. The maximum Gasteiger partial charge on any atom is 0.373 e. The number of carboxylic acids is 1. The lowest BCUT2D eigenvalue weighted by atomic mass is 10.2. The van der Waals surface area contributed by atoms with Crippen LogP contribution in [0.2, 0.25) is 0 Å². The molecule has 5 nitrogen and oxygen atoms in total. The molecule has 0 aliphatic carbocycles. The van der Waals surface area contributed by atoms with E-state index in [-0.39, 0.29) is 5.82 Å². The Labute approximate surface area is 85.5 Å². The summed E-state index contributed by atoms with van der Waals surface area (Å²) in [6.45, 7) is 0. The first-order chi connectivity index (χ1) is 7.27. The number of pyridine rings is 1. The van der Waals surface area contributed by atoms with Crippen LogP contribution in [0.5, 0.6) is 0 Å².